The van der Waals surface area contributed by atoms with E-state index in [0.29, 0.717) is 12.6 Å². The van der Waals surface area contributed by atoms with Gasteiger partial charge in [0.2, 0.25) is 0 Å². The highest BCUT2D eigenvalue weighted by Crippen LogP contribution is 2.26. The van der Waals surface area contributed by atoms with Gasteiger partial charge in [-0.3, -0.25) is 0 Å². The summed E-state index contributed by atoms with van der Waals surface area (Å²) in [6, 6.07) is 6.89. The van der Waals surface area contributed by atoms with E-state index in [0.717, 1.165) is 24.1 Å². The first-order valence-corrected chi connectivity index (χ1v) is 6.82. The maximum Gasteiger partial charge on any atom is 0.0539 e. The lowest BCUT2D eigenvalue weighted by Crippen LogP contribution is -2.55. The lowest BCUT2D eigenvalue weighted by molar-refractivity contribution is 0.269. The SMILES string of the molecule is Cc1cc(Br)ccc1N1CCN(C)CC1CN. The number of hydrogen-bond acceptors (Lipinski definition) is 3. The minimum atomic E-state index is 0.425. The molecule has 1 aromatic carbocycles. The van der Waals surface area contributed by atoms with E-state index >= 15 is 0 Å². The molecule has 0 radical (unpaired) electrons. The Kier molecular flexibility index (Phi) is 4.07. The predicted octanol–water partition coefficient (Wildman–Crippen LogP) is 1.84. The highest BCUT2D eigenvalue weighted by molar-refractivity contribution is 9.10. The largest absolute Gasteiger partial charge is 0.364 e. The van der Waals surface area contributed by atoms with Gasteiger partial charge in [0.05, 0.1) is 6.04 Å². The molecule has 1 fully saturated rings. The average molecular weight is 298 g/mol. The van der Waals surface area contributed by atoms with Crippen molar-refractivity contribution in [1.29, 1.82) is 0 Å². The molecule has 17 heavy (non-hydrogen) atoms. The highest BCUT2D eigenvalue weighted by Gasteiger charge is 2.25. The minimum Gasteiger partial charge on any atom is -0.364 e. The monoisotopic (exact) mass is 297 g/mol. The van der Waals surface area contributed by atoms with Crippen molar-refractivity contribution in [2.24, 2.45) is 5.73 Å². The molecule has 0 aliphatic carbocycles. The molecule has 0 spiro atoms. The van der Waals surface area contributed by atoms with Crippen LogP contribution >= 0.6 is 15.9 Å². The fourth-order valence-corrected chi connectivity index (χ4v) is 2.95. The van der Waals surface area contributed by atoms with Crippen molar-refractivity contribution in [2.75, 3.05) is 38.1 Å². The fourth-order valence-electron chi connectivity index (χ4n) is 2.47. The Morgan fingerprint density at radius 2 is 2.18 bits per heavy atom. The molecule has 0 amide bonds. The normalized spacial score (nSPS) is 21.9. The van der Waals surface area contributed by atoms with Crippen molar-refractivity contribution >= 4 is 21.6 Å². The van der Waals surface area contributed by atoms with Gasteiger partial charge in [-0.1, -0.05) is 15.9 Å². The van der Waals surface area contributed by atoms with Crippen molar-refractivity contribution in [1.82, 2.24) is 4.90 Å². The van der Waals surface area contributed by atoms with E-state index in [-0.39, 0.29) is 0 Å². The van der Waals surface area contributed by atoms with Gasteiger partial charge in [-0.15, -0.1) is 0 Å². The zero-order valence-electron chi connectivity index (χ0n) is 10.5. The topological polar surface area (TPSA) is 32.5 Å². The molecule has 1 heterocycles. The standard InChI is InChI=1S/C13H20BrN3/c1-10-7-11(14)3-4-13(10)17-6-5-16(2)9-12(17)8-15/h3-4,7,12H,5-6,8-9,15H2,1-2H3. The number of nitrogens with zero attached hydrogens (tertiary/aromatic N) is 2. The third-order valence-electron chi connectivity index (χ3n) is 3.43. The molecule has 1 atom stereocenters. The van der Waals surface area contributed by atoms with Gasteiger partial charge in [-0.05, 0) is 37.7 Å². The van der Waals surface area contributed by atoms with E-state index in [1.165, 1.54) is 11.3 Å². The van der Waals surface area contributed by atoms with Gasteiger partial charge < -0.3 is 15.5 Å². The number of hydrogen-bond donors (Lipinski definition) is 1. The molecule has 1 unspecified atom stereocenters. The maximum absolute atomic E-state index is 5.90. The predicted molar refractivity (Wildman–Crippen MR) is 76.6 cm³/mol. The van der Waals surface area contributed by atoms with Crippen molar-refractivity contribution < 1.29 is 0 Å². The second kappa shape index (κ2) is 5.38. The molecule has 1 aliphatic rings. The molecular formula is C13H20BrN3. The summed E-state index contributed by atoms with van der Waals surface area (Å²) in [5.41, 5.74) is 8.52. The molecule has 1 saturated heterocycles. The molecule has 2 N–H and O–H groups in total. The Morgan fingerprint density at radius 3 is 2.82 bits per heavy atom. The van der Waals surface area contributed by atoms with Gasteiger partial charge in [0.25, 0.3) is 0 Å². The second-order valence-electron chi connectivity index (χ2n) is 4.78. The number of halogens is 1. The van der Waals surface area contributed by atoms with E-state index in [1.54, 1.807) is 0 Å². The molecular weight excluding hydrogens is 278 g/mol. The lowest BCUT2D eigenvalue weighted by Gasteiger charge is -2.41. The second-order valence-corrected chi connectivity index (χ2v) is 5.69. The molecule has 2 rings (SSSR count). The maximum atomic E-state index is 5.90. The zero-order valence-corrected chi connectivity index (χ0v) is 12.1. The van der Waals surface area contributed by atoms with Gasteiger partial charge in [0.1, 0.15) is 0 Å². The molecule has 1 aromatic rings. The summed E-state index contributed by atoms with van der Waals surface area (Å²) in [6.07, 6.45) is 0. The van der Waals surface area contributed by atoms with Crippen molar-refractivity contribution in [3.8, 4) is 0 Å². The van der Waals surface area contributed by atoms with E-state index < -0.39 is 0 Å². The summed E-state index contributed by atoms with van der Waals surface area (Å²) in [5, 5.41) is 0. The van der Waals surface area contributed by atoms with Crippen LogP contribution in [0.25, 0.3) is 0 Å². The van der Waals surface area contributed by atoms with Crippen LogP contribution in [0.2, 0.25) is 0 Å². The quantitative estimate of drug-likeness (QED) is 0.904. The average Bonchev–Trinajstić information content (AvgIpc) is 2.30. The van der Waals surface area contributed by atoms with Crippen molar-refractivity contribution in [2.45, 2.75) is 13.0 Å². The first-order chi connectivity index (χ1) is 8.11. The van der Waals surface area contributed by atoms with Crippen LogP contribution in [0, 0.1) is 6.92 Å². The van der Waals surface area contributed by atoms with Gasteiger partial charge in [0.15, 0.2) is 0 Å². The van der Waals surface area contributed by atoms with Gasteiger partial charge in [0, 0.05) is 36.3 Å². The summed E-state index contributed by atoms with van der Waals surface area (Å²) in [4.78, 5) is 4.80. The molecule has 94 valence electrons. The first kappa shape index (κ1) is 12.9. The van der Waals surface area contributed by atoms with Crippen LogP contribution in [0.5, 0.6) is 0 Å². The molecule has 3 nitrogen and oxygen atoms in total. The number of piperazine rings is 1. The van der Waals surface area contributed by atoms with E-state index in [2.05, 4.69) is 57.9 Å². The lowest BCUT2D eigenvalue weighted by atomic mass is 10.1. The molecule has 1 aliphatic heterocycles. The number of likely N-dealkylation sites (N-methyl/N-ethyl adjacent to an activating group) is 1. The zero-order chi connectivity index (χ0) is 12.4. The molecule has 0 aromatic heterocycles. The van der Waals surface area contributed by atoms with Crippen LogP contribution in [-0.2, 0) is 0 Å². The Balaban J connectivity index is 2.25. The Morgan fingerprint density at radius 1 is 1.41 bits per heavy atom. The van der Waals surface area contributed by atoms with Crippen molar-refractivity contribution in [3.05, 3.63) is 28.2 Å². The smallest absolute Gasteiger partial charge is 0.0539 e. The van der Waals surface area contributed by atoms with Crippen LogP contribution in [0.4, 0.5) is 5.69 Å². The molecule has 0 saturated carbocycles. The number of benzene rings is 1. The highest BCUT2D eigenvalue weighted by atomic mass is 79.9. The van der Waals surface area contributed by atoms with Crippen LogP contribution in [0.15, 0.2) is 22.7 Å². The first-order valence-electron chi connectivity index (χ1n) is 6.03. The molecule has 0 bridgehead atoms. The Bertz CT molecular complexity index is 394. The Labute approximate surface area is 112 Å². The number of aryl methyl sites for hydroxylation is 1. The third kappa shape index (κ3) is 2.81. The minimum absolute atomic E-state index is 0.425. The van der Waals surface area contributed by atoms with Crippen LogP contribution in [0.3, 0.4) is 0 Å². The number of anilines is 1. The van der Waals surface area contributed by atoms with E-state index in [9.17, 15) is 0 Å². The van der Waals surface area contributed by atoms with Gasteiger partial charge >= 0.3 is 0 Å². The van der Waals surface area contributed by atoms with Crippen LogP contribution in [0.1, 0.15) is 5.56 Å². The molecule has 4 heteroatoms. The Hall–Kier alpha value is -0.580. The van der Waals surface area contributed by atoms with Crippen LogP contribution in [-0.4, -0.2) is 44.2 Å². The summed E-state index contributed by atoms with van der Waals surface area (Å²) in [5.74, 6) is 0. The van der Waals surface area contributed by atoms with E-state index in [4.69, 9.17) is 5.73 Å². The van der Waals surface area contributed by atoms with Gasteiger partial charge in [-0.2, -0.15) is 0 Å². The summed E-state index contributed by atoms with van der Waals surface area (Å²) in [6.45, 7) is 6.07. The van der Waals surface area contributed by atoms with Crippen molar-refractivity contribution in [3.63, 3.8) is 0 Å². The van der Waals surface area contributed by atoms with Crippen LogP contribution < -0.4 is 10.6 Å². The summed E-state index contributed by atoms with van der Waals surface area (Å²) >= 11 is 3.51. The van der Waals surface area contributed by atoms with Gasteiger partial charge in [-0.25, -0.2) is 0 Å². The number of nitrogens with two attached hydrogens (primary N) is 1. The fraction of sp³-hybridized carbons (Fsp3) is 0.538. The summed E-state index contributed by atoms with van der Waals surface area (Å²) < 4.78 is 1.14. The third-order valence-corrected chi connectivity index (χ3v) is 3.92. The summed E-state index contributed by atoms with van der Waals surface area (Å²) in [7, 11) is 2.16. The van der Waals surface area contributed by atoms with E-state index in [1.807, 2.05) is 0 Å². The number of rotatable bonds is 2.